The molecule has 1 unspecified atom stereocenters. The van der Waals surface area contributed by atoms with Crippen molar-refractivity contribution < 1.29 is 19.0 Å². The number of fused-ring (bicyclic) bond motifs is 3. The molecule has 1 saturated heterocycles. The fourth-order valence-corrected chi connectivity index (χ4v) is 5.62. The van der Waals surface area contributed by atoms with Gasteiger partial charge in [0.15, 0.2) is 11.5 Å². The zero-order chi connectivity index (χ0) is 19.3. The standard InChI is InChI=1S/C22H30N2O4/c1-14-16-10-19-20(27-9-8-26-19)11-17(16)22(6-2-3-7-22)13-24(14)21(25)18-5-4-15(12-23)28-18/h10-11,14-15,18H,2-9,12-13,23H2,1H3/t14?,15-,18+/m1/s1. The van der Waals surface area contributed by atoms with Gasteiger partial charge < -0.3 is 24.8 Å². The van der Waals surface area contributed by atoms with Gasteiger partial charge in [-0.15, -0.1) is 0 Å². The fourth-order valence-electron chi connectivity index (χ4n) is 5.62. The third-order valence-corrected chi connectivity index (χ3v) is 7.17. The number of hydrogen-bond acceptors (Lipinski definition) is 5. The van der Waals surface area contributed by atoms with Gasteiger partial charge in [-0.05, 0) is 55.9 Å². The molecule has 1 aromatic rings. The minimum absolute atomic E-state index is 0.00470. The first-order valence-corrected chi connectivity index (χ1v) is 10.7. The molecule has 1 aliphatic carbocycles. The van der Waals surface area contributed by atoms with E-state index in [0.717, 1.165) is 43.7 Å². The van der Waals surface area contributed by atoms with Crippen molar-refractivity contribution in [3.63, 3.8) is 0 Å². The topological polar surface area (TPSA) is 74.0 Å². The summed E-state index contributed by atoms with van der Waals surface area (Å²) in [5.41, 5.74) is 8.34. The van der Waals surface area contributed by atoms with Crippen LogP contribution in [0.3, 0.4) is 0 Å². The third-order valence-electron chi connectivity index (χ3n) is 7.17. The number of hydrogen-bond donors (Lipinski definition) is 1. The molecular formula is C22H30N2O4. The third kappa shape index (κ3) is 2.80. The molecule has 5 rings (SSSR count). The highest BCUT2D eigenvalue weighted by molar-refractivity contribution is 5.82. The Kier molecular flexibility index (Phi) is 4.51. The Hall–Kier alpha value is -1.79. The van der Waals surface area contributed by atoms with Crippen molar-refractivity contribution in [2.24, 2.45) is 5.73 Å². The summed E-state index contributed by atoms with van der Waals surface area (Å²) < 4.78 is 17.7. The van der Waals surface area contributed by atoms with E-state index in [2.05, 4.69) is 24.0 Å². The predicted molar refractivity (Wildman–Crippen MR) is 105 cm³/mol. The van der Waals surface area contributed by atoms with Crippen molar-refractivity contribution in [3.05, 3.63) is 23.3 Å². The van der Waals surface area contributed by atoms with E-state index < -0.39 is 0 Å². The zero-order valence-corrected chi connectivity index (χ0v) is 16.6. The molecule has 3 aliphatic heterocycles. The highest BCUT2D eigenvalue weighted by atomic mass is 16.6. The monoisotopic (exact) mass is 386 g/mol. The van der Waals surface area contributed by atoms with Crippen LogP contribution in [0.1, 0.15) is 62.6 Å². The van der Waals surface area contributed by atoms with Crippen LogP contribution in [-0.4, -0.2) is 49.3 Å². The summed E-state index contributed by atoms with van der Waals surface area (Å²) in [5.74, 6) is 1.78. The number of nitrogens with two attached hydrogens (primary N) is 1. The van der Waals surface area contributed by atoms with E-state index >= 15 is 0 Å². The van der Waals surface area contributed by atoms with Crippen LogP contribution in [0.5, 0.6) is 11.5 Å². The van der Waals surface area contributed by atoms with Gasteiger partial charge in [-0.1, -0.05) is 12.8 Å². The number of carbonyl (C=O) groups excluding carboxylic acids is 1. The summed E-state index contributed by atoms with van der Waals surface area (Å²) in [6.07, 6.45) is 5.95. The lowest BCUT2D eigenvalue weighted by molar-refractivity contribution is -0.146. The summed E-state index contributed by atoms with van der Waals surface area (Å²) >= 11 is 0. The smallest absolute Gasteiger partial charge is 0.252 e. The van der Waals surface area contributed by atoms with Gasteiger partial charge in [0.05, 0.1) is 12.1 Å². The van der Waals surface area contributed by atoms with Crippen LogP contribution in [0.4, 0.5) is 0 Å². The molecule has 1 amide bonds. The molecule has 1 saturated carbocycles. The van der Waals surface area contributed by atoms with Crippen LogP contribution in [-0.2, 0) is 14.9 Å². The maximum atomic E-state index is 13.4. The molecule has 6 heteroatoms. The normalized spacial score (nSPS) is 30.5. The van der Waals surface area contributed by atoms with Crippen molar-refractivity contribution in [3.8, 4) is 11.5 Å². The Morgan fingerprint density at radius 1 is 1.18 bits per heavy atom. The van der Waals surface area contributed by atoms with E-state index in [1.54, 1.807) is 0 Å². The summed E-state index contributed by atoms with van der Waals surface area (Å²) in [6, 6.07) is 4.32. The lowest BCUT2D eigenvalue weighted by atomic mass is 9.71. The molecule has 1 aromatic carbocycles. The molecule has 6 nitrogen and oxygen atoms in total. The number of carbonyl (C=O) groups is 1. The SMILES string of the molecule is CC1c2cc3c(cc2C2(CCCC2)CN1C(=O)[C@@H]1CC[C@H](CN)O1)OCCO3. The molecule has 152 valence electrons. The van der Waals surface area contributed by atoms with Crippen LogP contribution in [0.25, 0.3) is 0 Å². The van der Waals surface area contributed by atoms with Crippen LogP contribution < -0.4 is 15.2 Å². The van der Waals surface area contributed by atoms with Gasteiger partial charge in [0.25, 0.3) is 5.91 Å². The average molecular weight is 386 g/mol. The number of amides is 1. The van der Waals surface area contributed by atoms with Crippen molar-refractivity contribution in [2.45, 2.75) is 69.1 Å². The molecule has 2 N–H and O–H groups in total. The number of ether oxygens (including phenoxy) is 3. The van der Waals surface area contributed by atoms with Crippen molar-refractivity contribution in [1.29, 1.82) is 0 Å². The number of nitrogens with zero attached hydrogens (tertiary/aromatic N) is 1. The number of rotatable bonds is 2. The van der Waals surface area contributed by atoms with Gasteiger partial charge in [-0.2, -0.15) is 0 Å². The van der Waals surface area contributed by atoms with E-state index in [4.69, 9.17) is 19.9 Å². The second-order valence-electron chi connectivity index (χ2n) is 8.77. The Labute approximate surface area is 166 Å². The molecule has 3 heterocycles. The zero-order valence-electron chi connectivity index (χ0n) is 16.6. The lowest BCUT2D eigenvalue weighted by Crippen LogP contribution is -2.51. The van der Waals surface area contributed by atoms with Crippen LogP contribution in [0.2, 0.25) is 0 Å². The van der Waals surface area contributed by atoms with Crippen molar-refractivity contribution in [1.82, 2.24) is 4.90 Å². The lowest BCUT2D eigenvalue weighted by Gasteiger charge is -2.47. The summed E-state index contributed by atoms with van der Waals surface area (Å²) in [7, 11) is 0. The molecule has 4 aliphatic rings. The highest BCUT2D eigenvalue weighted by Crippen LogP contribution is 2.52. The van der Waals surface area contributed by atoms with Gasteiger partial charge >= 0.3 is 0 Å². The second kappa shape index (κ2) is 6.92. The van der Waals surface area contributed by atoms with E-state index in [0.29, 0.717) is 19.8 Å². The van der Waals surface area contributed by atoms with Gasteiger partial charge in [-0.3, -0.25) is 4.79 Å². The quantitative estimate of drug-likeness (QED) is 0.846. The van der Waals surface area contributed by atoms with Gasteiger partial charge in [-0.25, -0.2) is 0 Å². The predicted octanol–water partition coefficient (Wildman–Crippen LogP) is 2.68. The van der Waals surface area contributed by atoms with E-state index in [1.807, 2.05) is 0 Å². The Balaban J connectivity index is 1.52. The molecule has 28 heavy (non-hydrogen) atoms. The van der Waals surface area contributed by atoms with Gasteiger partial charge in [0.1, 0.15) is 19.3 Å². The molecule has 2 fully saturated rings. The summed E-state index contributed by atoms with van der Waals surface area (Å²) in [5, 5.41) is 0. The Morgan fingerprint density at radius 2 is 1.89 bits per heavy atom. The number of benzene rings is 1. The first kappa shape index (κ1) is 18.3. The van der Waals surface area contributed by atoms with Gasteiger partial charge in [0, 0.05) is 18.5 Å². The first-order valence-electron chi connectivity index (χ1n) is 10.7. The van der Waals surface area contributed by atoms with Crippen molar-refractivity contribution in [2.75, 3.05) is 26.3 Å². The maximum Gasteiger partial charge on any atom is 0.252 e. The van der Waals surface area contributed by atoms with Gasteiger partial charge in [0.2, 0.25) is 0 Å². The summed E-state index contributed by atoms with van der Waals surface area (Å²) in [6.45, 7) is 4.55. The first-order chi connectivity index (χ1) is 13.6. The molecule has 0 radical (unpaired) electrons. The Morgan fingerprint density at radius 3 is 2.57 bits per heavy atom. The molecule has 0 aromatic heterocycles. The van der Waals surface area contributed by atoms with E-state index in [-0.39, 0.29) is 29.6 Å². The van der Waals surface area contributed by atoms with E-state index in [1.165, 1.54) is 24.0 Å². The largest absolute Gasteiger partial charge is 0.486 e. The van der Waals surface area contributed by atoms with Crippen LogP contribution in [0.15, 0.2) is 12.1 Å². The van der Waals surface area contributed by atoms with Crippen LogP contribution >= 0.6 is 0 Å². The highest BCUT2D eigenvalue weighted by Gasteiger charge is 2.48. The molecule has 0 bridgehead atoms. The fraction of sp³-hybridized carbons (Fsp3) is 0.682. The average Bonchev–Trinajstić information content (AvgIpc) is 3.39. The molecule has 1 spiro atoms. The molecular weight excluding hydrogens is 356 g/mol. The minimum Gasteiger partial charge on any atom is -0.486 e. The molecule has 3 atom stereocenters. The maximum absolute atomic E-state index is 13.4. The Bertz CT molecular complexity index is 774. The van der Waals surface area contributed by atoms with E-state index in [9.17, 15) is 4.79 Å². The van der Waals surface area contributed by atoms with Crippen LogP contribution in [0, 0.1) is 0 Å². The summed E-state index contributed by atoms with van der Waals surface area (Å²) in [4.78, 5) is 15.5. The minimum atomic E-state index is -0.354. The van der Waals surface area contributed by atoms with Crippen molar-refractivity contribution >= 4 is 5.91 Å². The second-order valence-corrected chi connectivity index (χ2v) is 8.77.